The van der Waals surface area contributed by atoms with Crippen LogP contribution in [0.3, 0.4) is 0 Å². The lowest BCUT2D eigenvalue weighted by molar-refractivity contribution is -0.138. The van der Waals surface area contributed by atoms with Gasteiger partial charge in [-0.2, -0.15) is 5.10 Å². The summed E-state index contributed by atoms with van der Waals surface area (Å²) >= 11 is 0. The van der Waals surface area contributed by atoms with Crippen LogP contribution in [0.15, 0.2) is 43.0 Å². The van der Waals surface area contributed by atoms with E-state index in [2.05, 4.69) is 10.1 Å². The smallest absolute Gasteiger partial charge is 0.247 e. The van der Waals surface area contributed by atoms with Crippen molar-refractivity contribution in [1.29, 1.82) is 0 Å². The molecular formula is C16H22N4O2. The number of aliphatic hydroxyl groups is 1. The largest absolute Gasteiger partial charge is 0.389 e. The van der Waals surface area contributed by atoms with Crippen LogP contribution in [-0.4, -0.2) is 42.8 Å². The molecule has 0 saturated carbocycles. The van der Waals surface area contributed by atoms with Crippen molar-refractivity contribution in [1.82, 2.24) is 19.7 Å². The summed E-state index contributed by atoms with van der Waals surface area (Å²) < 4.78 is 1.52. The van der Waals surface area contributed by atoms with Crippen molar-refractivity contribution in [2.75, 3.05) is 6.54 Å². The lowest BCUT2D eigenvalue weighted by Crippen LogP contribution is -2.44. The summed E-state index contributed by atoms with van der Waals surface area (Å²) in [5.74, 6) is -0.100. The lowest BCUT2D eigenvalue weighted by Gasteiger charge is -2.31. The molecule has 1 amide bonds. The molecule has 0 saturated heterocycles. The van der Waals surface area contributed by atoms with Crippen molar-refractivity contribution in [3.8, 4) is 0 Å². The second-order valence-corrected chi connectivity index (χ2v) is 6.04. The average Bonchev–Trinajstić information content (AvgIpc) is 2.99. The van der Waals surface area contributed by atoms with Crippen molar-refractivity contribution < 1.29 is 9.90 Å². The van der Waals surface area contributed by atoms with Crippen molar-refractivity contribution in [3.05, 3.63) is 48.5 Å². The fourth-order valence-electron chi connectivity index (χ4n) is 2.28. The van der Waals surface area contributed by atoms with Gasteiger partial charge in [-0.1, -0.05) is 30.3 Å². The number of hydrogen-bond donors (Lipinski definition) is 1. The van der Waals surface area contributed by atoms with E-state index in [9.17, 15) is 9.90 Å². The predicted octanol–water partition coefficient (Wildman–Crippen LogP) is 1.64. The number of carbonyl (C=O) groups is 1. The molecule has 0 aliphatic carbocycles. The highest BCUT2D eigenvalue weighted by Crippen LogP contribution is 2.15. The number of rotatable bonds is 6. The van der Waals surface area contributed by atoms with Gasteiger partial charge in [0.2, 0.25) is 5.91 Å². The maximum Gasteiger partial charge on any atom is 0.247 e. The quantitative estimate of drug-likeness (QED) is 0.880. The summed E-state index contributed by atoms with van der Waals surface area (Å²) in [6.45, 7) is 5.86. The summed E-state index contributed by atoms with van der Waals surface area (Å²) in [6, 6.07) is 9.26. The van der Waals surface area contributed by atoms with Gasteiger partial charge in [0.25, 0.3) is 0 Å². The van der Waals surface area contributed by atoms with E-state index in [-0.39, 0.29) is 12.5 Å². The highest BCUT2D eigenvalue weighted by molar-refractivity contribution is 5.80. The Labute approximate surface area is 130 Å². The normalized spacial score (nSPS) is 12.9. The van der Waals surface area contributed by atoms with E-state index in [0.29, 0.717) is 6.54 Å². The Balaban J connectivity index is 2.18. The number of hydrogen-bond acceptors (Lipinski definition) is 4. The fourth-order valence-corrected chi connectivity index (χ4v) is 2.28. The average molecular weight is 302 g/mol. The molecule has 118 valence electrons. The van der Waals surface area contributed by atoms with Gasteiger partial charge in [-0.05, 0) is 26.3 Å². The molecule has 2 rings (SSSR count). The maximum absolute atomic E-state index is 12.7. The molecule has 0 spiro atoms. The highest BCUT2D eigenvalue weighted by Gasteiger charge is 2.27. The first-order chi connectivity index (χ1) is 10.4. The minimum atomic E-state index is -0.966. The van der Waals surface area contributed by atoms with Gasteiger partial charge in [-0.15, -0.1) is 0 Å². The number of amides is 1. The summed E-state index contributed by atoms with van der Waals surface area (Å²) in [4.78, 5) is 18.3. The van der Waals surface area contributed by atoms with Crippen LogP contribution in [0.1, 0.15) is 32.4 Å². The van der Waals surface area contributed by atoms with Gasteiger partial charge in [0.15, 0.2) is 0 Å². The second kappa shape index (κ2) is 6.70. The Bertz CT molecular complexity index is 590. The molecule has 0 fully saturated rings. The first-order valence-electron chi connectivity index (χ1n) is 7.26. The zero-order valence-electron chi connectivity index (χ0n) is 13.2. The first-order valence-corrected chi connectivity index (χ1v) is 7.26. The molecule has 0 radical (unpaired) electrons. The van der Waals surface area contributed by atoms with Gasteiger partial charge in [-0.3, -0.25) is 4.79 Å². The molecule has 2 aromatic rings. The molecule has 0 aliphatic rings. The second-order valence-electron chi connectivity index (χ2n) is 6.04. The van der Waals surface area contributed by atoms with Gasteiger partial charge in [-0.25, -0.2) is 9.67 Å². The first kappa shape index (κ1) is 16.2. The van der Waals surface area contributed by atoms with Crippen molar-refractivity contribution >= 4 is 5.91 Å². The minimum Gasteiger partial charge on any atom is -0.389 e. The van der Waals surface area contributed by atoms with Crippen LogP contribution in [-0.2, 0) is 11.3 Å². The molecule has 1 N–H and O–H groups in total. The molecule has 1 atom stereocenters. The third kappa shape index (κ3) is 4.39. The third-order valence-corrected chi connectivity index (χ3v) is 3.30. The molecule has 6 heteroatoms. The molecular weight excluding hydrogens is 280 g/mol. The van der Waals surface area contributed by atoms with Gasteiger partial charge in [0.05, 0.1) is 5.60 Å². The van der Waals surface area contributed by atoms with Crippen LogP contribution in [0.5, 0.6) is 0 Å². The predicted molar refractivity (Wildman–Crippen MR) is 82.9 cm³/mol. The third-order valence-electron chi connectivity index (χ3n) is 3.30. The maximum atomic E-state index is 12.7. The number of nitrogens with zero attached hydrogens (tertiary/aromatic N) is 4. The molecule has 1 aromatic heterocycles. The van der Waals surface area contributed by atoms with Crippen molar-refractivity contribution in [3.63, 3.8) is 0 Å². The molecule has 1 unspecified atom stereocenters. The van der Waals surface area contributed by atoms with E-state index in [1.807, 2.05) is 30.3 Å². The molecule has 1 heterocycles. The van der Waals surface area contributed by atoms with Crippen LogP contribution in [0, 0.1) is 0 Å². The topological polar surface area (TPSA) is 71.2 Å². The Morgan fingerprint density at radius 3 is 2.59 bits per heavy atom. The molecule has 0 bridgehead atoms. The van der Waals surface area contributed by atoms with Crippen molar-refractivity contribution in [2.45, 2.75) is 39.0 Å². The van der Waals surface area contributed by atoms with Gasteiger partial charge in [0, 0.05) is 13.1 Å². The Kier molecular flexibility index (Phi) is 4.92. The van der Waals surface area contributed by atoms with Gasteiger partial charge in [0.1, 0.15) is 18.7 Å². The van der Waals surface area contributed by atoms with Gasteiger partial charge < -0.3 is 10.0 Å². The zero-order chi connectivity index (χ0) is 16.2. The van der Waals surface area contributed by atoms with E-state index in [1.54, 1.807) is 25.7 Å². The van der Waals surface area contributed by atoms with E-state index in [1.165, 1.54) is 17.3 Å². The Morgan fingerprint density at radius 2 is 2.05 bits per heavy atom. The van der Waals surface area contributed by atoms with E-state index in [0.717, 1.165) is 5.56 Å². The standard InChI is InChI=1S/C16H22N4O2/c1-13(20-12-17-11-18-20)15(21)19(10-16(2,3)22)9-14-7-5-4-6-8-14/h4-8,11-13,22H,9-10H2,1-3H3. The lowest BCUT2D eigenvalue weighted by atomic mass is 10.1. The number of benzene rings is 1. The molecule has 1 aromatic carbocycles. The molecule has 6 nitrogen and oxygen atoms in total. The highest BCUT2D eigenvalue weighted by atomic mass is 16.3. The Hall–Kier alpha value is -2.21. The van der Waals surface area contributed by atoms with Gasteiger partial charge >= 0.3 is 0 Å². The fraction of sp³-hybridized carbons (Fsp3) is 0.438. The van der Waals surface area contributed by atoms with Crippen LogP contribution >= 0.6 is 0 Å². The summed E-state index contributed by atoms with van der Waals surface area (Å²) in [5, 5.41) is 14.1. The monoisotopic (exact) mass is 302 g/mol. The molecule has 0 aliphatic heterocycles. The summed E-state index contributed by atoms with van der Waals surface area (Å²) in [6.07, 6.45) is 2.93. The zero-order valence-corrected chi connectivity index (χ0v) is 13.2. The molecule has 22 heavy (non-hydrogen) atoms. The van der Waals surface area contributed by atoms with E-state index < -0.39 is 11.6 Å². The van der Waals surface area contributed by atoms with Crippen LogP contribution in [0.4, 0.5) is 0 Å². The van der Waals surface area contributed by atoms with E-state index in [4.69, 9.17) is 0 Å². The summed E-state index contributed by atoms with van der Waals surface area (Å²) in [7, 11) is 0. The van der Waals surface area contributed by atoms with Crippen molar-refractivity contribution in [2.24, 2.45) is 0 Å². The Morgan fingerprint density at radius 1 is 1.36 bits per heavy atom. The number of carbonyl (C=O) groups excluding carboxylic acids is 1. The van der Waals surface area contributed by atoms with Crippen LogP contribution in [0.2, 0.25) is 0 Å². The SMILES string of the molecule is CC(C(=O)N(Cc1ccccc1)CC(C)(C)O)n1cncn1. The van der Waals surface area contributed by atoms with Crippen LogP contribution < -0.4 is 0 Å². The summed E-state index contributed by atoms with van der Waals surface area (Å²) in [5.41, 5.74) is 0.0536. The minimum absolute atomic E-state index is 0.100. The van der Waals surface area contributed by atoms with E-state index >= 15 is 0 Å². The number of aromatic nitrogens is 3. The van der Waals surface area contributed by atoms with Crippen LogP contribution in [0.25, 0.3) is 0 Å².